The molecule has 0 aliphatic heterocycles. The summed E-state index contributed by atoms with van der Waals surface area (Å²) in [5.74, 6) is 2.66. The Labute approximate surface area is 196 Å². The summed E-state index contributed by atoms with van der Waals surface area (Å²) in [4.78, 5) is 8.78. The van der Waals surface area contributed by atoms with Crippen LogP contribution >= 0.6 is 0 Å². The van der Waals surface area contributed by atoms with E-state index in [1.54, 1.807) is 18.9 Å². The van der Waals surface area contributed by atoms with E-state index >= 15 is 0 Å². The summed E-state index contributed by atoms with van der Waals surface area (Å²) in [6.07, 6.45) is 3.36. The molecular weight excluding hydrogens is 432 g/mol. The molecule has 0 saturated carbocycles. The topological polar surface area (TPSA) is 96.2 Å². The molecule has 0 saturated heterocycles. The zero-order valence-electron chi connectivity index (χ0n) is 18.7. The Morgan fingerprint density at radius 3 is 2.53 bits per heavy atom. The number of hydrogen-bond acceptors (Lipinski definition) is 8. The highest BCUT2D eigenvalue weighted by Gasteiger charge is 2.12. The van der Waals surface area contributed by atoms with Crippen molar-refractivity contribution in [2.45, 2.75) is 6.61 Å². The van der Waals surface area contributed by atoms with Gasteiger partial charge in [-0.1, -0.05) is 29.5 Å². The normalized spacial score (nSPS) is 10.8. The van der Waals surface area contributed by atoms with Gasteiger partial charge in [-0.3, -0.25) is 0 Å². The van der Waals surface area contributed by atoms with Gasteiger partial charge in [-0.15, -0.1) is 5.10 Å². The largest absolute Gasteiger partial charge is 0.493 e. The molecule has 170 valence electrons. The van der Waals surface area contributed by atoms with E-state index in [2.05, 4.69) is 25.6 Å². The van der Waals surface area contributed by atoms with Crippen LogP contribution in [0.15, 0.2) is 79.3 Å². The average Bonchev–Trinajstić information content (AvgIpc) is 3.37. The minimum Gasteiger partial charge on any atom is -0.493 e. The molecule has 0 aliphatic carbocycles. The van der Waals surface area contributed by atoms with E-state index in [9.17, 15) is 0 Å². The van der Waals surface area contributed by atoms with Gasteiger partial charge in [0.1, 0.15) is 30.2 Å². The highest BCUT2D eigenvalue weighted by molar-refractivity contribution is 5.93. The monoisotopic (exact) mass is 454 g/mol. The van der Waals surface area contributed by atoms with Crippen LogP contribution in [0.2, 0.25) is 0 Å². The number of hydrogen-bond donors (Lipinski definition) is 1. The van der Waals surface area contributed by atoms with Gasteiger partial charge < -0.3 is 19.5 Å². The van der Waals surface area contributed by atoms with Crippen LogP contribution in [-0.4, -0.2) is 39.2 Å². The summed E-state index contributed by atoms with van der Waals surface area (Å²) in [6.45, 7) is 0.334. The first-order valence-corrected chi connectivity index (χ1v) is 10.6. The molecule has 9 nitrogen and oxygen atoms in total. The van der Waals surface area contributed by atoms with Gasteiger partial charge in [0.15, 0.2) is 11.5 Å². The number of benzene rings is 3. The number of para-hydroxylation sites is 1. The van der Waals surface area contributed by atoms with Gasteiger partial charge in [-0.05, 0) is 36.4 Å². The van der Waals surface area contributed by atoms with Crippen LogP contribution in [0.5, 0.6) is 17.2 Å². The van der Waals surface area contributed by atoms with Crippen molar-refractivity contribution in [1.82, 2.24) is 25.0 Å². The Morgan fingerprint density at radius 1 is 0.882 bits per heavy atom. The summed E-state index contributed by atoms with van der Waals surface area (Å²) in [6, 6.07) is 21.1. The number of nitrogens with zero attached hydrogens (tertiary/aromatic N) is 5. The predicted octanol–water partition coefficient (Wildman–Crippen LogP) is 4.55. The van der Waals surface area contributed by atoms with Gasteiger partial charge in [0.25, 0.3) is 0 Å². The van der Waals surface area contributed by atoms with Crippen molar-refractivity contribution in [3.63, 3.8) is 0 Å². The van der Waals surface area contributed by atoms with Gasteiger partial charge >= 0.3 is 0 Å². The first-order valence-electron chi connectivity index (χ1n) is 10.6. The van der Waals surface area contributed by atoms with Crippen molar-refractivity contribution in [3.8, 4) is 22.9 Å². The van der Waals surface area contributed by atoms with E-state index in [1.807, 2.05) is 72.9 Å². The summed E-state index contributed by atoms with van der Waals surface area (Å²) >= 11 is 0. The maximum absolute atomic E-state index is 5.76. The first kappa shape index (κ1) is 21.2. The lowest BCUT2D eigenvalue weighted by atomic mass is 10.2. The second-order valence-electron chi connectivity index (χ2n) is 7.38. The average molecular weight is 454 g/mol. The molecule has 2 heterocycles. The van der Waals surface area contributed by atoms with Crippen LogP contribution in [-0.2, 0) is 6.61 Å². The number of fused-ring (bicyclic) bond motifs is 1. The third-order valence-electron chi connectivity index (χ3n) is 5.18. The minimum atomic E-state index is 0.334. The second kappa shape index (κ2) is 9.45. The summed E-state index contributed by atoms with van der Waals surface area (Å²) < 4.78 is 18.3. The van der Waals surface area contributed by atoms with E-state index in [-0.39, 0.29) is 0 Å². The molecule has 9 heteroatoms. The third kappa shape index (κ3) is 4.44. The van der Waals surface area contributed by atoms with Gasteiger partial charge in [-0.25, -0.2) is 14.6 Å². The van der Waals surface area contributed by atoms with Crippen molar-refractivity contribution in [1.29, 1.82) is 0 Å². The molecule has 0 atom stereocenters. The fraction of sp³-hybridized carbons (Fsp3) is 0.120. The summed E-state index contributed by atoms with van der Waals surface area (Å²) in [7, 11) is 3.19. The molecule has 0 bridgehead atoms. The molecule has 0 radical (unpaired) electrons. The second-order valence-corrected chi connectivity index (χ2v) is 7.38. The lowest BCUT2D eigenvalue weighted by Gasteiger charge is -2.12. The van der Waals surface area contributed by atoms with E-state index in [0.717, 1.165) is 33.7 Å². The molecule has 34 heavy (non-hydrogen) atoms. The molecule has 0 amide bonds. The number of aromatic nitrogens is 5. The van der Waals surface area contributed by atoms with Gasteiger partial charge in [0.05, 0.1) is 31.6 Å². The van der Waals surface area contributed by atoms with Crippen molar-refractivity contribution in [2.24, 2.45) is 0 Å². The Kier molecular flexibility index (Phi) is 5.89. The number of rotatable bonds is 8. The molecular formula is C25H22N6O3. The Hall–Kier alpha value is -4.66. The first-order chi connectivity index (χ1) is 16.7. The van der Waals surface area contributed by atoms with Crippen LogP contribution < -0.4 is 19.5 Å². The minimum absolute atomic E-state index is 0.334. The third-order valence-corrected chi connectivity index (χ3v) is 5.18. The van der Waals surface area contributed by atoms with Crippen LogP contribution in [0.3, 0.4) is 0 Å². The lowest BCUT2D eigenvalue weighted by molar-refractivity contribution is 0.301. The van der Waals surface area contributed by atoms with Crippen LogP contribution in [0, 0.1) is 0 Å². The van der Waals surface area contributed by atoms with Gasteiger partial charge in [0, 0.05) is 17.1 Å². The molecule has 1 N–H and O–H groups in total. The number of ether oxygens (including phenoxy) is 3. The molecule has 0 unspecified atom stereocenters. The van der Waals surface area contributed by atoms with Crippen LogP contribution in [0.1, 0.15) is 5.69 Å². The highest BCUT2D eigenvalue weighted by atomic mass is 16.5. The standard InChI is InChI=1S/C25H22N6O3/c1-32-23-12-21-22(13-24(23)33-2)26-16-27-25(21)28-17-7-6-8-19(11-17)31-14-18(29-30-31)15-34-20-9-4-3-5-10-20/h3-14,16H,15H2,1-2H3,(H,26,27,28). The van der Waals surface area contributed by atoms with Crippen LogP contribution in [0.4, 0.5) is 11.5 Å². The lowest BCUT2D eigenvalue weighted by Crippen LogP contribution is -2.00. The quantitative estimate of drug-likeness (QED) is 0.365. The van der Waals surface area contributed by atoms with E-state index in [0.29, 0.717) is 23.9 Å². The van der Waals surface area contributed by atoms with Gasteiger partial charge in [-0.2, -0.15) is 0 Å². The highest BCUT2D eigenvalue weighted by Crippen LogP contribution is 2.34. The maximum Gasteiger partial charge on any atom is 0.162 e. The fourth-order valence-corrected chi connectivity index (χ4v) is 3.51. The molecule has 5 rings (SSSR count). The smallest absolute Gasteiger partial charge is 0.162 e. The Morgan fingerprint density at radius 2 is 1.71 bits per heavy atom. The molecule has 0 fully saturated rings. The molecule has 2 aromatic heterocycles. The van der Waals surface area contributed by atoms with Crippen LogP contribution in [0.25, 0.3) is 16.6 Å². The Bertz CT molecular complexity index is 1420. The number of anilines is 2. The summed E-state index contributed by atoms with van der Waals surface area (Å²) in [5.41, 5.74) is 3.15. The number of methoxy groups -OCH3 is 2. The van der Waals surface area contributed by atoms with E-state index in [4.69, 9.17) is 14.2 Å². The number of nitrogens with one attached hydrogen (secondary N) is 1. The van der Waals surface area contributed by atoms with Crippen molar-refractivity contribution in [2.75, 3.05) is 19.5 Å². The van der Waals surface area contributed by atoms with Crippen molar-refractivity contribution >= 4 is 22.4 Å². The predicted molar refractivity (Wildman–Crippen MR) is 128 cm³/mol. The molecule has 5 aromatic rings. The van der Waals surface area contributed by atoms with Gasteiger partial charge in [0.2, 0.25) is 0 Å². The zero-order chi connectivity index (χ0) is 23.3. The molecule has 3 aromatic carbocycles. The van der Waals surface area contributed by atoms with Crippen molar-refractivity contribution in [3.05, 3.63) is 84.9 Å². The molecule has 0 spiro atoms. The molecule has 0 aliphatic rings. The zero-order valence-corrected chi connectivity index (χ0v) is 18.7. The Balaban J connectivity index is 1.37. The fourth-order valence-electron chi connectivity index (χ4n) is 3.51. The maximum atomic E-state index is 5.76. The van der Waals surface area contributed by atoms with E-state index in [1.165, 1.54) is 6.33 Å². The van der Waals surface area contributed by atoms with Crippen molar-refractivity contribution < 1.29 is 14.2 Å². The van der Waals surface area contributed by atoms with E-state index < -0.39 is 0 Å². The summed E-state index contributed by atoms with van der Waals surface area (Å²) in [5, 5.41) is 12.6. The SMILES string of the molecule is COc1cc2ncnc(Nc3cccc(-n4cc(COc5ccccc5)nn4)c3)c2cc1OC.